The summed E-state index contributed by atoms with van der Waals surface area (Å²) >= 11 is 0. The lowest BCUT2D eigenvalue weighted by molar-refractivity contribution is 0.244. The number of carbonyl (C=O) groups is 2. The van der Waals surface area contributed by atoms with Gasteiger partial charge in [-0.25, -0.2) is 24.1 Å². The summed E-state index contributed by atoms with van der Waals surface area (Å²) in [6, 6.07) is 8.37. The van der Waals surface area contributed by atoms with Crippen LogP contribution in [0.3, 0.4) is 0 Å². The highest BCUT2D eigenvalue weighted by Crippen LogP contribution is 2.27. The number of nitrogen functional groups attached to an aromatic ring is 1. The molecule has 0 aliphatic heterocycles. The van der Waals surface area contributed by atoms with Crippen LogP contribution in [0.2, 0.25) is 0 Å². The summed E-state index contributed by atoms with van der Waals surface area (Å²) in [6.45, 7) is 4.71. The van der Waals surface area contributed by atoms with Gasteiger partial charge in [0.05, 0.1) is 11.2 Å². The van der Waals surface area contributed by atoms with Crippen LogP contribution < -0.4 is 21.7 Å². The fourth-order valence-corrected chi connectivity index (χ4v) is 2.76. The van der Waals surface area contributed by atoms with Gasteiger partial charge in [-0.1, -0.05) is 6.07 Å². The Kier molecular flexibility index (Phi) is 5.20. The van der Waals surface area contributed by atoms with E-state index in [0.29, 0.717) is 35.9 Å². The first-order valence-corrected chi connectivity index (χ1v) is 8.60. The molecule has 0 aliphatic rings. The van der Waals surface area contributed by atoms with E-state index in [9.17, 15) is 9.59 Å². The first-order chi connectivity index (χ1) is 13.0. The topological polar surface area (TPSA) is 127 Å². The minimum absolute atomic E-state index is 0.270. The number of nitrogens with one attached hydrogen (secondary N) is 3. The maximum atomic E-state index is 12.2. The number of carbonyl (C=O) groups excluding carboxylic acids is 2. The standard InChI is InChI=1S/C18H21N7O2/c1-3-20-17(26)24-16-9-13(22-10-23-16)11-5-6-14-12(7-11)8-15(19)25(14)18(27)21-4-2/h5-10H,3-4,19H2,1-2H3,(H,21,27)(H2,20,22,23,24,26). The number of nitrogens with two attached hydrogens (primary N) is 1. The van der Waals surface area contributed by atoms with Crippen LogP contribution in [0.15, 0.2) is 36.7 Å². The van der Waals surface area contributed by atoms with Crippen LogP contribution in [0.25, 0.3) is 22.2 Å². The maximum Gasteiger partial charge on any atom is 0.327 e. The SMILES string of the molecule is CCNC(=O)Nc1cc(-c2ccc3c(c2)cc(N)n3C(=O)NCC)ncn1. The highest BCUT2D eigenvalue weighted by molar-refractivity contribution is 5.97. The molecule has 3 amide bonds. The Morgan fingerprint density at radius 3 is 2.59 bits per heavy atom. The molecule has 140 valence electrons. The Balaban J connectivity index is 1.94. The first kappa shape index (κ1) is 18.2. The predicted molar refractivity (Wildman–Crippen MR) is 105 cm³/mol. The second-order valence-electron chi connectivity index (χ2n) is 5.79. The number of rotatable bonds is 4. The van der Waals surface area contributed by atoms with Crippen molar-refractivity contribution in [1.29, 1.82) is 0 Å². The summed E-state index contributed by atoms with van der Waals surface area (Å²) in [5.41, 5.74) is 8.17. The second-order valence-corrected chi connectivity index (χ2v) is 5.79. The van der Waals surface area contributed by atoms with Crippen LogP contribution in [0, 0.1) is 0 Å². The highest BCUT2D eigenvalue weighted by Gasteiger charge is 2.14. The average molecular weight is 367 g/mol. The van der Waals surface area contributed by atoms with Crippen molar-refractivity contribution in [1.82, 2.24) is 25.2 Å². The van der Waals surface area contributed by atoms with Crippen LogP contribution in [0.1, 0.15) is 13.8 Å². The quantitative estimate of drug-likeness (QED) is 0.563. The van der Waals surface area contributed by atoms with E-state index in [4.69, 9.17) is 5.73 Å². The largest absolute Gasteiger partial charge is 0.385 e. The number of hydrogen-bond acceptors (Lipinski definition) is 5. The van der Waals surface area contributed by atoms with E-state index in [1.54, 1.807) is 12.1 Å². The van der Waals surface area contributed by atoms with Crippen molar-refractivity contribution in [2.24, 2.45) is 0 Å². The number of benzene rings is 1. The van der Waals surface area contributed by atoms with Crippen LogP contribution >= 0.6 is 0 Å². The Labute approximate surface area is 156 Å². The zero-order valence-electron chi connectivity index (χ0n) is 15.1. The van der Waals surface area contributed by atoms with Crippen LogP contribution in [-0.4, -0.2) is 39.7 Å². The molecule has 1 aromatic carbocycles. The Morgan fingerprint density at radius 2 is 1.85 bits per heavy atom. The lowest BCUT2D eigenvalue weighted by atomic mass is 10.1. The van der Waals surface area contributed by atoms with E-state index in [-0.39, 0.29) is 12.1 Å². The minimum Gasteiger partial charge on any atom is -0.385 e. The molecule has 3 aromatic rings. The van der Waals surface area contributed by atoms with Crippen molar-refractivity contribution in [2.75, 3.05) is 24.1 Å². The molecule has 9 nitrogen and oxygen atoms in total. The van der Waals surface area contributed by atoms with Gasteiger partial charge in [0.1, 0.15) is 18.0 Å². The molecule has 0 unspecified atom stereocenters. The Hall–Kier alpha value is -3.62. The second kappa shape index (κ2) is 7.73. The molecule has 0 bridgehead atoms. The minimum atomic E-state index is -0.329. The predicted octanol–water partition coefficient (Wildman–Crippen LogP) is 2.40. The molecule has 2 aromatic heterocycles. The van der Waals surface area contributed by atoms with Gasteiger partial charge in [-0.2, -0.15) is 0 Å². The molecule has 0 aliphatic carbocycles. The molecule has 3 rings (SSSR count). The van der Waals surface area contributed by atoms with Crippen LogP contribution in [-0.2, 0) is 0 Å². The van der Waals surface area contributed by atoms with Gasteiger partial charge in [-0.05, 0) is 32.0 Å². The van der Waals surface area contributed by atoms with Gasteiger partial charge in [0, 0.05) is 30.1 Å². The average Bonchev–Trinajstić information content (AvgIpc) is 2.97. The number of nitrogens with zero attached hydrogens (tertiary/aromatic N) is 3. The summed E-state index contributed by atoms with van der Waals surface area (Å²) in [6.07, 6.45) is 1.38. The monoisotopic (exact) mass is 367 g/mol. The number of anilines is 2. The summed E-state index contributed by atoms with van der Waals surface area (Å²) in [7, 11) is 0. The molecule has 0 saturated carbocycles. The molecule has 0 radical (unpaired) electrons. The molecular weight excluding hydrogens is 346 g/mol. The van der Waals surface area contributed by atoms with Gasteiger partial charge in [0.25, 0.3) is 0 Å². The van der Waals surface area contributed by atoms with E-state index >= 15 is 0 Å². The van der Waals surface area contributed by atoms with Gasteiger partial charge < -0.3 is 16.4 Å². The van der Waals surface area contributed by atoms with Crippen molar-refractivity contribution in [3.63, 3.8) is 0 Å². The molecular formula is C18H21N7O2. The van der Waals surface area contributed by atoms with Gasteiger partial charge in [-0.15, -0.1) is 0 Å². The van der Waals surface area contributed by atoms with Crippen molar-refractivity contribution >= 4 is 34.6 Å². The van der Waals surface area contributed by atoms with E-state index in [2.05, 4.69) is 25.9 Å². The number of urea groups is 1. The van der Waals surface area contributed by atoms with Crippen molar-refractivity contribution in [3.8, 4) is 11.3 Å². The third-order valence-corrected chi connectivity index (χ3v) is 3.90. The summed E-state index contributed by atoms with van der Waals surface area (Å²) in [5.74, 6) is 0.750. The zero-order chi connectivity index (χ0) is 19.4. The molecule has 0 saturated heterocycles. The summed E-state index contributed by atoms with van der Waals surface area (Å²) in [5, 5.41) is 8.85. The van der Waals surface area contributed by atoms with Gasteiger partial charge in [0.2, 0.25) is 0 Å². The van der Waals surface area contributed by atoms with Gasteiger partial charge >= 0.3 is 12.1 Å². The third kappa shape index (κ3) is 3.81. The normalized spacial score (nSPS) is 10.6. The highest BCUT2D eigenvalue weighted by atomic mass is 16.2. The number of hydrogen-bond donors (Lipinski definition) is 4. The van der Waals surface area contributed by atoms with Crippen molar-refractivity contribution in [2.45, 2.75) is 13.8 Å². The summed E-state index contributed by atoms with van der Waals surface area (Å²) < 4.78 is 1.44. The van der Waals surface area contributed by atoms with E-state index in [0.717, 1.165) is 10.9 Å². The zero-order valence-corrected chi connectivity index (χ0v) is 15.1. The maximum absolute atomic E-state index is 12.2. The smallest absolute Gasteiger partial charge is 0.327 e. The number of aromatic nitrogens is 3. The van der Waals surface area contributed by atoms with Crippen molar-refractivity contribution < 1.29 is 9.59 Å². The molecule has 5 N–H and O–H groups in total. The summed E-state index contributed by atoms with van der Waals surface area (Å²) in [4.78, 5) is 32.2. The van der Waals surface area contributed by atoms with Crippen LogP contribution in [0.4, 0.5) is 21.2 Å². The molecule has 9 heteroatoms. The number of amides is 3. The number of fused-ring (bicyclic) bond motifs is 1. The Morgan fingerprint density at radius 1 is 1.07 bits per heavy atom. The van der Waals surface area contributed by atoms with Crippen molar-refractivity contribution in [3.05, 3.63) is 36.7 Å². The molecule has 0 fully saturated rings. The van der Waals surface area contributed by atoms with E-state index < -0.39 is 0 Å². The molecule has 27 heavy (non-hydrogen) atoms. The first-order valence-electron chi connectivity index (χ1n) is 8.60. The lowest BCUT2D eigenvalue weighted by Crippen LogP contribution is -2.28. The molecule has 0 atom stereocenters. The molecule has 2 heterocycles. The fraction of sp³-hybridized carbons (Fsp3) is 0.222. The van der Waals surface area contributed by atoms with Crippen LogP contribution in [0.5, 0.6) is 0 Å². The fourth-order valence-electron chi connectivity index (χ4n) is 2.76. The molecule has 0 spiro atoms. The van der Waals surface area contributed by atoms with Gasteiger partial charge in [0.15, 0.2) is 0 Å². The Bertz CT molecular complexity index is 997. The van der Waals surface area contributed by atoms with E-state index in [1.165, 1.54) is 10.9 Å². The van der Waals surface area contributed by atoms with Gasteiger partial charge in [-0.3, -0.25) is 5.32 Å². The lowest BCUT2D eigenvalue weighted by Gasteiger charge is -2.08. The third-order valence-electron chi connectivity index (χ3n) is 3.90. The van der Waals surface area contributed by atoms with E-state index in [1.807, 2.05) is 32.0 Å².